The van der Waals surface area contributed by atoms with Crippen LogP contribution in [0.2, 0.25) is 0 Å². The summed E-state index contributed by atoms with van der Waals surface area (Å²) in [7, 11) is 2.06. The number of rotatable bonds is 3. The molecule has 0 atom stereocenters. The molecule has 0 radical (unpaired) electrons. The second-order valence-electron chi connectivity index (χ2n) is 7.45. The summed E-state index contributed by atoms with van der Waals surface area (Å²) in [6, 6.07) is 2.22. The van der Waals surface area contributed by atoms with Crippen molar-refractivity contribution < 1.29 is 0 Å². The minimum Gasteiger partial charge on any atom is -0.306 e. The molecule has 0 amide bonds. The fraction of sp³-hybridized carbons (Fsp3) is 0.812. The van der Waals surface area contributed by atoms with Crippen LogP contribution in [0.1, 0.15) is 49.9 Å². The molecule has 4 aliphatic carbocycles. The standard InChI is InChI=1S/C16H25N3/c1-11-3-15(19(2)18-11)10-17-16-7-12-4-13(8-16)6-14(5-12)9-16/h3,12-14,17H,4-10H2,1-2H3. The molecule has 1 heterocycles. The van der Waals surface area contributed by atoms with Crippen LogP contribution in [0.4, 0.5) is 0 Å². The molecular weight excluding hydrogens is 234 g/mol. The van der Waals surface area contributed by atoms with Gasteiger partial charge in [0.05, 0.1) is 11.4 Å². The molecule has 19 heavy (non-hydrogen) atoms. The Hall–Kier alpha value is -0.830. The number of nitrogens with zero attached hydrogens (tertiary/aromatic N) is 2. The van der Waals surface area contributed by atoms with Crippen LogP contribution >= 0.6 is 0 Å². The highest BCUT2D eigenvalue weighted by molar-refractivity contribution is 5.11. The minimum atomic E-state index is 0.465. The first-order valence-electron chi connectivity index (χ1n) is 7.86. The van der Waals surface area contributed by atoms with Gasteiger partial charge in [-0.3, -0.25) is 4.68 Å². The molecule has 5 rings (SSSR count). The van der Waals surface area contributed by atoms with Crippen molar-refractivity contribution in [3.05, 3.63) is 17.5 Å². The topological polar surface area (TPSA) is 29.9 Å². The Bertz CT molecular complexity index is 453. The monoisotopic (exact) mass is 259 g/mol. The van der Waals surface area contributed by atoms with Gasteiger partial charge in [-0.1, -0.05) is 0 Å². The third kappa shape index (κ3) is 2.03. The van der Waals surface area contributed by atoms with E-state index in [4.69, 9.17) is 0 Å². The van der Waals surface area contributed by atoms with E-state index in [2.05, 4.69) is 30.5 Å². The molecule has 1 aromatic rings. The van der Waals surface area contributed by atoms with E-state index < -0.39 is 0 Å². The largest absolute Gasteiger partial charge is 0.306 e. The van der Waals surface area contributed by atoms with Gasteiger partial charge in [0.2, 0.25) is 0 Å². The Morgan fingerprint density at radius 3 is 2.26 bits per heavy atom. The molecule has 1 aromatic heterocycles. The van der Waals surface area contributed by atoms with E-state index >= 15 is 0 Å². The normalized spacial score (nSPS) is 40.0. The zero-order chi connectivity index (χ0) is 13.0. The van der Waals surface area contributed by atoms with Crippen molar-refractivity contribution in [2.45, 2.75) is 57.5 Å². The van der Waals surface area contributed by atoms with E-state index in [1.165, 1.54) is 44.2 Å². The highest BCUT2D eigenvalue weighted by atomic mass is 15.3. The van der Waals surface area contributed by atoms with Gasteiger partial charge >= 0.3 is 0 Å². The zero-order valence-corrected chi connectivity index (χ0v) is 12.2. The lowest BCUT2D eigenvalue weighted by Gasteiger charge is -2.57. The smallest absolute Gasteiger partial charge is 0.0597 e. The van der Waals surface area contributed by atoms with E-state index in [1.54, 1.807) is 0 Å². The molecule has 104 valence electrons. The molecule has 1 N–H and O–H groups in total. The van der Waals surface area contributed by atoms with Crippen molar-refractivity contribution in [3.8, 4) is 0 Å². The molecule has 4 saturated carbocycles. The summed E-state index contributed by atoms with van der Waals surface area (Å²) < 4.78 is 2.03. The fourth-order valence-electron chi connectivity index (χ4n) is 5.43. The quantitative estimate of drug-likeness (QED) is 0.904. The lowest BCUT2D eigenvalue weighted by Crippen LogP contribution is -2.58. The van der Waals surface area contributed by atoms with Crippen molar-refractivity contribution in [2.75, 3.05) is 0 Å². The molecule has 0 aliphatic heterocycles. The molecule has 4 fully saturated rings. The van der Waals surface area contributed by atoms with Crippen LogP contribution in [0, 0.1) is 24.7 Å². The third-order valence-corrected chi connectivity index (χ3v) is 5.78. The lowest BCUT2D eigenvalue weighted by molar-refractivity contribution is -0.0208. The molecule has 3 heteroatoms. The van der Waals surface area contributed by atoms with Gasteiger partial charge in [0, 0.05) is 19.1 Å². The van der Waals surface area contributed by atoms with Gasteiger partial charge in [-0.15, -0.1) is 0 Å². The first kappa shape index (κ1) is 12.0. The predicted molar refractivity (Wildman–Crippen MR) is 75.7 cm³/mol. The number of aromatic nitrogens is 2. The second kappa shape index (κ2) is 4.08. The van der Waals surface area contributed by atoms with Crippen molar-refractivity contribution in [1.29, 1.82) is 0 Å². The summed E-state index contributed by atoms with van der Waals surface area (Å²) in [6.07, 6.45) is 8.84. The Labute approximate surface area is 115 Å². The van der Waals surface area contributed by atoms with E-state index in [0.717, 1.165) is 30.0 Å². The first-order chi connectivity index (χ1) is 9.12. The van der Waals surface area contributed by atoms with Crippen molar-refractivity contribution in [2.24, 2.45) is 24.8 Å². The number of nitrogens with one attached hydrogen (secondary N) is 1. The predicted octanol–water partition coefficient (Wildman–Crippen LogP) is 2.79. The lowest BCUT2D eigenvalue weighted by atomic mass is 9.53. The maximum Gasteiger partial charge on any atom is 0.0597 e. The number of aryl methyl sites for hydroxylation is 2. The Morgan fingerprint density at radius 2 is 1.79 bits per heavy atom. The Balaban J connectivity index is 1.49. The van der Waals surface area contributed by atoms with Crippen LogP contribution < -0.4 is 5.32 Å². The fourth-order valence-corrected chi connectivity index (χ4v) is 5.43. The third-order valence-electron chi connectivity index (χ3n) is 5.78. The molecule has 0 saturated heterocycles. The molecule has 0 spiro atoms. The maximum atomic E-state index is 4.45. The average Bonchev–Trinajstić information content (AvgIpc) is 2.64. The van der Waals surface area contributed by atoms with Crippen LogP contribution in [-0.2, 0) is 13.6 Å². The Kier molecular flexibility index (Phi) is 2.57. The summed E-state index contributed by atoms with van der Waals surface area (Å²) in [6.45, 7) is 3.07. The molecule has 3 nitrogen and oxygen atoms in total. The van der Waals surface area contributed by atoms with Crippen LogP contribution in [0.5, 0.6) is 0 Å². The Morgan fingerprint density at radius 1 is 1.21 bits per heavy atom. The van der Waals surface area contributed by atoms with Gasteiger partial charge < -0.3 is 5.32 Å². The zero-order valence-electron chi connectivity index (χ0n) is 12.2. The van der Waals surface area contributed by atoms with Crippen molar-refractivity contribution >= 4 is 0 Å². The van der Waals surface area contributed by atoms with Crippen LogP contribution in [0.15, 0.2) is 6.07 Å². The van der Waals surface area contributed by atoms with E-state index in [0.29, 0.717) is 5.54 Å². The van der Waals surface area contributed by atoms with Gasteiger partial charge in [-0.2, -0.15) is 5.10 Å². The average molecular weight is 259 g/mol. The minimum absolute atomic E-state index is 0.465. The van der Waals surface area contributed by atoms with Gasteiger partial charge in [0.15, 0.2) is 0 Å². The van der Waals surface area contributed by atoms with E-state index in [9.17, 15) is 0 Å². The molecule has 4 bridgehead atoms. The van der Waals surface area contributed by atoms with Crippen molar-refractivity contribution in [3.63, 3.8) is 0 Å². The van der Waals surface area contributed by atoms with E-state index in [-0.39, 0.29) is 0 Å². The highest BCUT2D eigenvalue weighted by Gasteiger charge is 2.50. The van der Waals surface area contributed by atoms with Gasteiger partial charge in [0.25, 0.3) is 0 Å². The van der Waals surface area contributed by atoms with Gasteiger partial charge in [-0.05, 0) is 69.3 Å². The van der Waals surface area contributed by atoms with Crippen LogP contribution in [0.3, 0.4) is 0 Å². The maximum absolute atomic E-state index is 4.45. The molecule has 0 unspecified atom stereocenters. The van der Waals surface area contributed by atoms with E-state index in [1.807, 2.05) is 4.68 Å². The molecule has 4 aliphatic rings. The summed E-state index contributed by atoms with van der Waals surface area (Å²) in [5, 5.41) is 8.39. The molecular formula is C16H25N3. The first-order valence-corrected chi connectivity index (χ1v) is 7.86. The summed E-state index contributed by atoms with van der Waals surface area (Å²) in [4.78, 5) is 0. The second-order valence-corrected chi connectivity index (χ2v) is 7.45. The van der Waals surface area contributed by atoms with Gasteiger partial charge in [0.1, 0.15) is 0 Å². The molecule has 0 aromatic carbocycles. The van der Waals surface area contributed by atoms with Gasteiger partial charge in [-0.25, -0.2) is 0 Å². The van der Waals surface area contributed by atoms with Crippen molar-refractivity contribution in [1.82, 2.24) is 15.1 Å². The number of hydrogen-bond donors (Lipinski definition) is 1. The highest BCUT2D eigenvalue weighted by Crippen LogP contribution is 2.55. The summed E-state index contributed by atoms with van der Waals surface area (Å²) in [5.74, 6) is 3.06. The van der Waals surface area contributed by atoms with Crippen LogP contribution in [-0.4, -0.2) is 15.3 Å². The number of hydrogen-bond acceptors (Lipinski definition) is 2. The van der Waals surface area contributed by atoms with Crippen LogP contribution in [0.25, 0.3) is 0 Å². The summed E-state index contributed by atoms with van der Waals surface area (Å²) >= 11 is 0. The SMILES string of the molecule is Cc1cc(CNC23CC4CC(CC(C4)C2)C3)n(C)n1. The summed E-state index contributed by atoms with van der Waals surface area (Å²) in [5.41, 5.74) is 2.92.